The number of nitrogens with one attached hydrogen (secondary N) is 2. The Kier molecular flexibility index (Phi) is 6.78. The van der Waals surface area contributed by atoms with Crippen molar-refractivity contribution in [2.45, 2.75) is 77.3 Å². The molecule has 0 aromatic carbocycles. The summed E-state index contributed by atoms with van der Waals surface area (Å²) < 4.78 is 0. The molecule has 0 spiro atoms. The van der Waals surface area contributed by atoms with Gasteiger partial charge in [0.25, 0.3) is 0 Å². The van der Waals surface area contributed by atoms with E-state index in [0.29, 0.717) is 12.1 Å². The van der Waals surface area contributed by atoms with Gasteiger partial charge in [-0.1, -0.05) is 39.5 Å². The van der Waals surface area contributed by atoms with Crippen LogP contribution in [0.4, 0.5) is 0 Å². The minimum Gasteiger partial charge on any atom is -0.360 e. The van der Waals surface area contributed by atoms with Gasteiger partial charge in [-0.25, -0.2) is 0 Å². The van der Waals surface area contributed by atoms with Gasteiger partial charge in [0, 0.05) is 12.1 Å². The van der Waals surface area contributed by atoms with Gasteiger partial charge in [-0.2, -0.15) is 0 Å². The molecule has 1 aliphatic carbocycles. The molecule has 1 unspecified atom stereocenters. The fourth-order valence-corrected chi connectivity index (χ4v) is 2.72. The molecule has 1 rings (SSSR count). The lowest BCUT2D eigenvalue weighted by Crippen LogP contribution is -2.46. The summed E-state index contributed by atoms with van der Waals surface area (Å²) in [6.07, 6.45) is 10.3. The highest BCUT2D eigenvalue weighted by atomic mass is 32.1. The molecule has 3 heteroatoms. The highest BCUT2D eigenvalue weighted by molar-refractivity contribution is 7.80. The van der Waals surface area contributed by atoms with E-state index in [1.54, 1.807) is 0 Å². The summed E-state index contributed by atoms with van der Waals surface area (Å²) in [6, 6.07) is 1.17. The summed E-state index contributed by atoms with van der Waals surface area (Å²) in [5.41, 5.74) is 0. The van der Waals surface area contributed by atoms with Gasteiger partial charge in [0.2, 0.25) is 0 Å². The molecule has 0 aromatic heterocycles. The molecule has 0 aromatic rings. The number of thiocarbonyl (C=S) groups is 1. The Morgan fingerprint density at radius 1 is 1.25 bits per heavy atom. The van der Waals surface area contributed by atoms with Gasteiger partial charge in [0.05, 0.1) is 0 Å². The lowest BCUT2D eigenvalue weighted by Gasteiger charge is -2.26. The molecular formula is C13H26N2S. The van der Waals surface area contributed by atoms with E-state index < -0.39 is 0 Å². The predicted molar refractivity (Wildman–Crippen MR) is 74.7 cm³/mol. The van der Waals surface area contributed by atoms with Crippen LogP contribution in [0.25, 0.3) is 0 Å². The molecule has 2 N–H and O–H groups in total. The maximum absolute atomic E-state index is 5.37. The standard InChI is InChI=1S/C13H26N2S/c1-3-8-11(4-2)14-13(16)15-12-9-6-5-7-10-12/h11-12H,3-10H2,1-2H3,(H2,14,15,16). The summed E-state index contributed by atoms with van der Waals surface area (Å²) in [6.45, 7) is 4.44. The highest BCUT2D eigenvalue weighted by Crippen LogP contribution is 2.17. The van der Waals surface area contributed by atoms with Crippen molar-refractivity contribution in [3.63, 3.8) is 0 Å². The van der Waals surface area contributed by atoms with E-state index in [1.807, 2.05) is 0 Å². The fourth-order valence-electron chi connectivity index (χ4n) is 2.39. The van der Waals surface area contributed by atoms with E-state index in [-0.39, 0.29) is 0 Å². The van der Waals surface area contributed by atoms with Gasteiger partial charge in [-0.05, 0) is 37.9 Å². The smallest absolute Gasteiger partial charge is 0.166 e. The highest BCUT2D eigenvalue weighted by Gasteiger charge is 2.15. The predicted octanol–water partition coefficient (Wildman–Crippen LogP) is 3.36. The first-order valence-corrected chi connectivity index (χ1v) is 7.24. The zero-order chi connectivity index (χ0) is 11.8. The second-order valence-electron chi connectivity index (χ2n) is 4.85. The maximum atomic E-state index is 5.37. The molecule has 0 aliphatic heterocycles. The molecule has 1 aliphatic rings. The van der Waals surface area contributed by atoms with Crippen molar-refractivity contribution in [2.24, 2.45) is 0 Å². The number of rotatable bonds is 5. The summed E-state index contributed by atoms with van der Waals surface area (Å²) in [4.78, 5) is 0. The number of hydrogen-bond acceptors (Lipinski definition) is 1. The van der Waals surface area contributed by atoms with Crippen LogP contribution in [-0.4, -0.2) is 17.2 Å². The lowest BCUT2D eigenvalue weighted by molar-refractivity contribution is 0.408. The normalized spacial score (nSPS) is 19.1. The van der Waals surface area contributed by atoms with Crippen molar-refractivity contribution < 1.29 is 0 Å². The molecular weight excluding hydrogens is 216 g/mol. The molecule has 2 nitrogen and oxygen atoms in total. The third-order valence-electron chi connectivity index (χ3n) is 3.41. The van der Waals surface area contributed by atoms with Crippen molar-refractivity contribution in [3.05, 3.63) is 0 Å². The second kappa shape index (κ2) is 7.88. The van der Waals surface area contributed by atoms with Gasteiger partial charge >= 0.3 is 0 Å². The van der Waals surface area contributed by atoms with Gasteiger partial charge in [-0.3, -0.25) is 0 Å². The average molecular weight is 242 g/mol. The van der Waals surface area contributed by atoms with E-state index in [4.69, 9.17) is 12.2 Å². The maximum Gasteiger partial charge on any atom is 0.166 e. The van der Waals surface area contributed by atoms with Crippen LogP contribution in [-0.2, 0) is 0 Å². The van der Waals surface area contributed by atoms with Crippen LogP contribution in [0.1, 0.15) is 65.2 Å². The molecule has 0 radical (unpaired) electrons. The Morgan fingerprint density at radius 3 is 2.50 bits per heavy atom. The van der Waals surface area contributed by atoms with Crippen molar-refractivity contribution in [3.8, 4) is 0 Å². The van der Waals surface area contributed by atoms with Gasteiger partial charge in [-0.15, -0.1) is 0 Å². The Labute approximate surface area is 106 Å². The van der Waals surface area contributed by atoms with Crippen LogP contribution in [0.3, 0.4) is 0 Å². The van der Waals surface area contributed by atoms with Crippen LogP contribution in [0.2, 0.25) is 0 Å². The van der Waals surface area contributed by atoms with Crippen molar-refractivity contribution in [1.82, 2.24) is 10.6 Å². The fraction of sp³-hybridized carbons (Fsp3) is 0.923. The monoisotopic (exact) mass is 242 g/mol. The summed E-state index contributed by atoms with van der Waals surface area (Å²) in [5.74, 6) is 0. The first-order valence-electron chi connectivity index (χ1n) is 6.83. The van der Waals surface area contributed by atoms with E-state index in [9.17, 15) is 0 Å². The lowest BCUT2D eigenvalue weighted by atomic mass is 9.96. The molecule has 1 fully saturated rings. The third-order valence-corrected chi connectivity index (χ3v) is 3.64. The third kappa shape index (κ3) is 5.15. The topological polar surface area (TPSA) is 24.1 Å². The second-order valence-corrected chi connectivity index (χ2v) is 5.25. The molecule has 0 bridgehead atoms. The van der Waals surface area contributed by atoms with Crippen LogP contribution in [0, 0.1) is 0 Å². The minimum absolute atomic E-state index is 0.550. The quantitative estimate of drug-likeness (QED) is 0.723. The van der Waals surface area contributed by atoms with Gasteiger partial charge < -0.3 is 10.6 Å². The van der Waals surface area contributed by atoms with E-state index in [2.05, 4.69) is 24.5 Å². The van der Waals surface area contributed by atoms with E-state index in [1.165, 1.54) is 44.9 Å². The van der Waals surface area contributed by atoms with Crippen molar-refractivity contribution in [1.29, 1.82) is 0 Å². The van der Waals surface area contributed by atoms with Crippen LogP contribution in [0.5, 0.6) is 0 Å². The molecule has 94 valence electrons. The summed E-state index contributed by atoms with van der Waals surface area (Å²) >= 11 is 5.37. The zero-order valence-electron chi connectivity index (χ0n) is 10.7. The summed E-state index contributed by atoms with van der Waals surface area (Å²) in [7, 11) is 0. The van der Waals surface area contributed by atoms with Crippen LogP contribution < -0.4 is 10.6 Å². The molecule has 0 saturated heterocycles. The van der Waals surface area contributed by atoms with E-state index >= 15 is 0 Å². The Hall–Kier alpha value is -0.310. The van der Waals surface area contributed by atoms with Crippen molar-refractivity contribution in [2.75, 3.05) is 0 Å². The van der Waals surface area contributed by atoms with Crippen LogP contribution in [0.15, 0.2) is 0 Å². The SMILES string of the molecule is CCCC(CC)NC(=S)NC1CCCCC1. The Morgan fingerprint density at radius 2 is 1.94 bits per heavy atom. The molecule has 1 atom stereocenters. The van der Waals surface area contributed by atoms with Gasteiger partial charge in [0.15, 0.2) is 5.11 Å². The van der Waals surface area contributed by atoms with E-state index in [0.717, 1.165) is 11.5 Å². The molecule has 16 heavy (non-hydrogen) atoms. The molecule has 0 amide bonds. The largest absolute Gasteiger partial charge is 0.360 e. The summed E-state index contributed by atoms with van der Waals surface area (Å²) in [5, 5.41) is 7.77. The minimum atomic E-state index is 0.550. The Balaban J connectivity index is 2.22. The van der Waals surface area contributed by atoms with Crippen molar-refractivity contribution >= 4 is 17.3 Å². The first kappa shape index (κ1) is 13.8. The average Bonchev–Trinajstić information content (AvgIpc) is 2.29. The van der Waals surface area contributed by atoms with Gasteiger partial charge in [0.1, 0.15) is 0 Å². The first-order chi connectivity index (χ1) is 7.76. The van der Waals surface area contributed by atoms with Crippen LogP contribution >= 0.6 is 12.2 Å². The zero-order valence-corrected chi connectivity index (χ0v) is 11.5. The molecule has 1 saturated carbocycles. The molecule has 0 heterocycles. The Bertz CT molecular complexity index is 191. The number of hydrogen-bond donors (Lipinski definition) is 2.